The summed E-state index contributed by atoms with van der Waals surface area (Å²) < 4.78 is 20.3. The number of nitrogens with one attached hydrogen (secondary N) is 2. The first-order chi connectivity index (χ1) is 17.4. The van der Waals surface area contributed by atoms with Crippen molar-refractivity contribution < 1.29 is 18.5 Å². The van der Waals surface area contributed by atoms with Gasteiger partial charge in [-0.2, -0.15) is 19.6 Å². The summed E-state index contributed by atoms with van der Waals surface area (Å²) in [5.41, 5.74) is 2.94. The molecular weight excluding hydrogens is 467 g/mol. The second-order valence-electron chi connectivity index (χ2n) is 7.95. The van der Waals surface area contributed by atoms with E-state index in [1.54, 1.807) is 43.3 Å². The van der Waals surface area contributed by atoms with Crippen molar-refractivity contribution >= 4 is 23.3 Å². The van der Waals surface area contributed by atoms with Gasteiger partial charge in [-0.05, 0) is 48.4 Å². The number of fused-ring (bicyclic) bond motifs is 1. The third kappa shape index (κ3) is 4.64. The van der Waals surface area contributed by atoms with Crippen LogP contribution in [-0.4, -0.2) is 41.5 Å². The van der Waals surface area contributed by atoms with E-state index in [4.69, 9.17) is 4.52 Å². The zero-order chi connectivity index (χ0) is 25.2. The van der Waals surface area contributed by atoms with Gasteiger partial charge in [-0.3, -0.25) is 9.59 Å². The number of halogens is 1. The monoisotopic (exact) mass is 486 g/mol. The van der Waals surface area contributed by atoms with Crippen molar-refractivity contribution in [3.63, 3.8) is 0 Å². The van der Waals surface area contributed by atoms with Crippen molar-refractivity contribution in [3.05, 3.63) is 77.5 Å². The van der Waals surface area contributed by atoms with E-state index in [0.717, 1.165) is 5.56 Å². The van der Waals surface area contributed by atoms with E-state index in [1.807, 2.05) is 0 Å². The first kappa shape index (κ1) is 22.8. The molecule has 3 heterocycles. The minimum Gasteiger partial charge on any atom is -0.347 e. The van der Waals surface area contributed by atoms with E-state index in [1.165, 1.54) is 29.9 Å². The van der Waals surface area contributed by atoms with Crippen molar-refractivity contribution in [3.8, 4) is 23.0 Å². The molecule has 36 heavy (non-hydrogen) atoms. The quantitative estimate of drug-likeness (QED) is 0.373. The summed E-state index contributed by atoms with van der Waals surface area (Å²) >= 11 is 0. The number of hydrogen-bond acceptors (Lipinski definition) is 8. The summed E-state index contributed by atoms with van der Waals surface area (Å²) in [6, 6.07) is 13.0. The fourth-order valence-electron chi connectivity index (χ4n) is 3.52. The molecule has 3 aromatic heterocycles. The van der Waals surface area contributed by atoms with E-state index < -0.39 is 5.91 Å². The van der Waals surface area contributed by atoms with Gasteiger partial charge in [0.05, 0.1) is 0 Å². The SMILES string of the molecule is CC(=O)Nc1ccc(-c2noc(-c3cc(C(=O)NCc4ccc(F)c(C)c4)nc4ncnn34)n2)cc1. The molecular formula is C24H19FN8O3. The Hall–Kier alpha value is -5.00. The Balaban J connectivity index is 1.41. The van der Waals surface area contributed by atoms with Crippen molar-refractivity contribution in [1.82, 2.24) is 35.0 Å². The van der Waals surface area contributed by atoms with Gasteiger partial charge in [0.2, 0.25) is 11.7 Å². The molecule has 0 unspecified atom stereocenters. The maximum Gasteiger partial charge on any atom is 0.277 e. The molecule has 0 bridgehead atoms. The molecule has 0 saturated heterocycles. The van der Waals surface area contributed by atoms with Crippen LogP contribution in [0.2, 0.25) is 0 Å². The molecule has 0 spiro atoms. The van der Waals surface area contributed by atoms with Gasteiger partial charge in [0, 0.05) is 30.8 Å². The van der Waals surface area contributed by atoms with Crippen molar-refractivity contribution in [1.29, 1.82) is 0 Å². The van der Waals surface area contributed by atoms with Crippen LogP contribution in [0.4, 0.5) is 10.1 Å². The Labute approximate surface area is 203 Å². The van der Waals surface area contributed by atoms with Gasteiger partial charge >= 0.3 is 0 Å². The molecule has 11 nitrogen and oxygen atoms in total. The number of carbonyl (C=O) groups is 2. The van der Waals surface area contributed by atoms with Gasteiger partial charge in [-0.15, -0.1) is 0 Å². The molecule has 0 aliphatic carbocycles. The minimum atomic E-state index is -0.461. The Kier molecular flexibility index (Phi) is 5.90. The number of anilines is 1. The number of aryl methyl sites for hydroxylation is 1. The molecule has 180 valence electrons. The summed E-state index contributed by atoms with van der Waals surface area (Å²) in [5, 5.41) is 13.6. The standard InChI is InChI=1S/C24H19FN8O3/c1-13-9-15(3-8-18(13)25)11-26-22(35)19-10-20(33-24(30-19)27-12-28-33)23-31-21(32-36-23)16-4-6-17(7-5-16)29-14(2)34/h3-10,12H,11H2,1-2H3,(H,26,35)(H,29,34). The molecule has 0 saturated carbocycles. The highest BCUT2D eigenvalue weighted by molar-refractivity contribution is 5.93. The van der Waals surface area contributed by atoms with Gasteiger partial charge in [0.25, 0.3) is 17.6 Å². The Morgan fingerprint density at radius 3 is 2.64 bits per heavy atom. The topological polar surface area (TPSA) is 140 Å². The summed E-state index contributed by atoms with van der Waals surface area (Å²) in [4.78, 5) is 36.8. The van der Waals surface area contributed by atoms with E-state index >= 15 is 0 Å². The van der Waals surface area contributed by atoms with Crippen molar-refractivity contribution in [2.45, 2.75) is 20.4 Å². The third-order valence-electron chi connectivity index (χ3n) is 5.27. The van der Waals surface area contributed by atoms with Gasteiger partial charge in [-0.25, -0.2) is 9.37 Å². The molecule has 12 heteroatoms. The Bertz CT molecular complexity index is 1590. The predicted octanol–water partition coefficient (Wildman–Crippen LogP) is 3.18. The van der Waals surface area contributed by atoms with Crippen LogP contribution in [0.3, 0.4) is 0 Å². The number of carbonyl (C=O) groups excluding carboxylic acids is 2. The second kappa shape index (κ2) is 9.33. The lowest BCUT2D eigenvalue weighted by Gasteiger charge is -2.07. The summed E-state index contributed by atoms with van der Waals surface area (Å²) in [6.07, 6.45) is 1.30. The van der Waals surface area contributed by atoms with E-state index in [0.29, 0.717) is 28.3 Å². The molecule has 0 fully saturated rings. The smallest absolute Gasteiger partial charge is 0.277 e. The minimum absolute atomic E-state index is 0.0729. The number of benzene rings is 2. The predicted molar refractivity (Wildman–Crippen MR) is 126 cm³/mol. The molecule has 5 aromatic rings. The zero-order valence-corrected chi connectivity index (χ0v) is 19.2. The zero-order valence-electron chi connectivity index (χ0n) is 19.2. The van der Waals surface area contributed by atoms with Crippen LogP contribution in [0.15, 0.2) is 59.4 Å². The fraction of sp³-hybridized carbons (Fsp3) is 0.125. The Morgan fingerprint density at radius 2 is 1.89 bits per heavy atom. The van der Waals surface area contributed by atoms with Crippen molar-refractivity contribution in [2.24, 2.45) is 0 Å². The largest absolute Gasteiger partial charge is 0.347 e. The number of nitrogens with zero attached hydrogens (tertiary/aromatic N) is 6. The normalized spacial score (nSPS) is 11.0. The van der Waals surface area contributed by atoms with E-state index in [2.05, 4.69) is 35.8 Å². The lowest BCUT2D eigenvalue weighted by Crippen LogP contribution is -2.24. The number of aromatic nitrogens is 6. The van der Waals surface area contributed by atoms with Crippen LogP contribution in [-0.2, 0) is 11.3 Å². The first-order valence-corrected chi connectivity index (χ1v) is 10.8. The van der Waals surface area contributed by atoms with Crippen LogP contribution in [0.1, 0.15) is 28.5 Å². The second-order valence-corrected chi connectivity index (χ2v) is 7.95. The lowest BCUT2D eigenvalue weighted by molar-refractivity contribution is -0.114. The van der Waals surface area contributed by atoms with Crippen LogP contribution < -0.4 is 10.6 Å². The average molecular weight is 486 g/mol. The van der Waals surface area contributed by atoms with E-state index in [-0.39, 0.29) is 35.6 Å². The fourth-order valence-corrected chi connectivity index (χ4v) is 3.52. The molecule has 2 N–H and O–H groups in total. The highest BCUT2D eigenvalue weighted by Crippen LogP contribution is 2.24. The van der Waals surface area contributed by atoms with Crippen molar-refractivity contribution in [2.75, 3.05) is 5.32 Å². The van der Waals surface area contributed by atoms with Gasteiger partial charge in [-0.1, -0.05) is 17.3 Å². The average Bonchev–Trinajstić information content (AvgIpc) is 3.54. The summed E-state index contributed by atoms with van der Waals surface area (Å²) in [6.45, 7) is 3.27. The number of rotatable bonds is 6. The lowest BCUT2D eigenvalue weighted by atomic mass is 10.1. The van der Waals surface area contributed by atoms with E-state index in [9.17, 15) is 14.0 Å². The van der Waals surface area contributed by atoms with Crippen LogP contribution >= 0.6 is 0 Å². The van der Waals surface area contributed by atoms with Crippen LogP contribution in [0, 0.1) is 12.7 Å². The number of hydrogen-bond donors (Lipinski definition) is 2. The third-order valence-corrected chi connectivity index (χ3v) is 5.27. The molecule has 5 rings (SSSR count). The highest BCUT2D eigenvalue weighted by atomic mass is 19.1. The molecule has 0 aliphatic heterocycles. The summed E-state index contributed by atoms with van der Waals surface area (Å²) in [7, 11) is 0. The first-order valence-electron chi connectivity index (χ1n) is 10.8. The Morgan fingerprint density at radius 1 is 1.08 bits per heavy atom. The maximum absolute atomic E-state index is 13.5. The molecule has 0 radical (unpaired) electrons. The molecule has 0 atom stereocenters. The molecule has 2 aromatic carbocycles. The van der Waals surface area contributed by atoms with Crippen LogP contribution in [0.25, 0.3) is 28.8 Å². The highest BCUT2D eigenvalue weighted by Gasteiger charge is 2.19. The van der Waals surface area contributed by atoms with Crippen LogP contribution in [0.5, 0.6) is 0 Å². The van der Waals surface area contributed by atoms with Gasteiger partial charge in [0.15, 0.2) is 0 Å². The summed E-state index contributed by atoms with van der Waals surface area (Å²) in [5.74, 6) is -0.353. The van der Waals surface area contributed by atoms with Gasteiger partial charge < -0.3 is 15.2 Å². The molecule has 2 amide bonds. The molecule has 0 aliphatic rings. The van der Waals surface area contributed by atoms with Gasteiger partial charge in [0.1, 0.15) is 23.5 Å². The number of amides is 2. The maximum atomic E-state index is 13.5.